The van der Waals surface area contributed by atoms with Crippen LogP contribution in [0.25, 0.3) is 0 Å². The maximum atomic E-state index is 14.0. The van der Waals surface area contributed by atoms with Crippen molar-refractivity contribution in [2.24, 2.45) is 17.4 Å². The summed E-state index contributed by atoms with van der Waals surface area (Å²) >= 11 is 0. The van der Waals surface area contributed by atoms with Gasteiger partial charge in [0, 0.05) is 26.3 Å². The number of carbonyl (C=O) groups excluding carboxylic acids is 7. The highest BCUT2D eigenvalue weighted by atomic mass is 31.2. The molecular weight excluding hydrogens is 693 g/mol. The fraction of sp³-hybridized carbons (Fsp3) is 0.581. The van der Waals surface area contributed by atoms with Crippen LogP contribution in [-0.4, -0.2) is 104 Å². The Bertz CT molecular complexity index is 1490. The summed E-state index contributed by atoms with van der Waals surface area (Å²) in [7, 11) is -4.79. The SMILES string of the molecule is CCC(C)[C@H](NC(=O)[C@H](Cc1ccc(OP(=O)(O)O)cc1)NC(C)=O)C(=O)N1CCC[C@H]1C(=O)N[C@@H](CCC(N)=O)C(=O)N[C@H](C(N)=O)C(C)O. The molecule has 0 spiro atoms. The van der Waals surface area contributed by atoms with Gasteiger partial charge in [0.2, 0.25) is 41.4 Å². The Morgan fingerprint density at radius 3 is 2.04 bits per heavy atom. The molecule has 2 unspecified atom stereocenters. The Labute approximate surface area is 294 Å². The third-order valence-corrected chi connectivity index (χ3v) is 8.74. The van der Waals surface area contributed by atoms with Crippen molar-refractivity contribution in [3.05, 3.63) is 29.8 Å². The van der Waals surface area contributed by atoms with Gasteiger partial charge in [-0.1, -0.05) is 32.4 Å². The zero-order valence-electron chi connectivity index (χ0n) is 28.9. The van der Waals surface area contributed by atoms with Crippen LogP contribution in [0.1, 0.15) is 65.4 Å². The van der Waals surface area contributed by atoms with Gasteiger partial charge in [-0.05, 0) is 49.8 Å². The first kappa shape index (κ1) is 42.6. The van der Waals surface area contributed by atoms with Gasteiger partial charge in [0.25, 0.3) is 0 Å². The van der Waals surface area contributed by atoms with Crippen LogP contribution in [0.4, 0.5) is 0 Å². The van der Waals surface area contributed by atoms with E-state index in [1.807, 2.05) is 0 Å². The van der Waals surface area contributed by atoms with Crippen molar-refractivity contribution < 1.29 is 57.5 Å². The van der Waals surface area contributed by atoms with Crippen molar-refractivity contribution in [1.82, 2.24) is 26.2 Å². The zero-order chi connectivity index (χ0) is 38.6. The molecule has 1 fully saturated rings. The van der Waals surface area contributed by atoms with Crippen LogP contribution in [0, 0.1) is 5.92 Å². The number of hydrogen-bond acceptors (Lipinski definition) is 10. The monoisotopic (exact) mass is 741 g/mol. The maximum Gasteiger partial charge on any atom is 0.524 e. The van der Waals surface area contributed by atoms with Crippen molar-refractivity contribution in [2.75, 3.05) is 6.54 Å². The number of primary amides is 2. The Hall–Kier alpha value is -4.58. The number of nitrogens with two attached hydrogens (primary N) is 2. The molecule has 7 atom stereocenters. The number of likely N-dealkylation sites (tertiary alicyclic amines) is 1. The standard InChI is InChI=1S/C31H48N7O12P/c1-5-16(2)25(36-29(44)22(34-18(4)40)15-19-8-10-20(11-9-19)50-51(47,48)49)31(46)38-14-6-7-23(38)30(45)35-21(12-13-24(32)41)28(43)37-26(17(3)39)27(33)42/h8-11,16-17,21-23,25-26,39H,5-7,12-15H2,1-4H3,(H2,32,41)(H2,33,42)(H,34,40)(H,35,45)(H,36,44)(H,37,43)(H2,47,48,49)/t16?,17?,21-,22-,23-,25-,26-/m0/s1. The molecule has 7 amide bonds. The summed E-state index contributed by atoms with van der Waals surface area (Å²) in [4.78, 5) is 109. The van der Waals surface area contributed by atoms with E-state index in [9.17, 15) is 43.2 Å². The van der Waals surface area contributed by atoms with Crippen LogP contribution in [0.5, 0.6) is 5.75 Å². The molecule has 1 aliphatic rings. The van der Waals surface area contributed by atoms with Crippen LogP contribution in [0.2, 0.25) is 0 Å². The Morgan fingerprint density at radius 1 is 0.941 bits per heavy atom. The van der Waals surface area contributed by atoms with Gasteiger partial charge in [0.15, 0.2) is 0 Å². The molecule has 0 saturated carbocycles. The highest BCUT2D eigenvalue weighted by Gasteiger charge is 2.41. The summed E-state index contributed by atoms with van der Waals surface area (Å²) in [5.74, 6) is -5.83. The van der Waals surface area contributed by atoms with Crippen molar-refractivity contribution in [3.63, 3.8) is 0 Å². The average molecular weight is 742 g/mol. The van der Waals surface area contributed by atoms with E-state index in [1.54, 1.807) is 13.8 Å². The molecule has 20 heteroatoms. The highest BCUT2D eigenvalue weighted by molar-refractivity contribution is 7.46. The largest absolute Gasteiger partial charge is 0.524 e. The van der Waals surface area contributed by atoms with E-state index in [1.165, 1.54) is 43.0 Å². The lowest BCUT2D eigenvalue weighted by Crippen LogP contribution is -2.60. The number of nitrogens with zero attached hydrogens (tertiary/aromatic N) is 1. The second-order valence-corrected chi connectivity index (χ2v) is 13.6. The number of phosphoric ester groups is 1. The lowest BCUT2D eigenvalue weighted by atomic mass is 9.96. The number of nitrogens with one attached hydrogen (secondary N) is 4. The molecule has 1 aliphatic heterocycles. The number of hydrogen-bond donors (Lipinski definition) is 9. The van der Waals surface area contributed by atoms with E-state index < -0.39 is 91.4 Å². The summed E-state index contributed by atoms with van der Waals surface area (Å²) in [6.45, 7) is 6.10. The van der Waals surface area contributed by atoms with Crippen LogP contribution in [0.15, 0.2) is 24.3 Å². The summed E-state index contributed by atoms with van der Waals surface area (Å²) < 4.78 is 15.7. The quantitative estimate of drug-likeness (QED) is 0.0685. The second-order valence-electron chi connectivity index (χ2n) is 12.4. The molecule has 1 heterocycles. The minimum absolute atomic E-state index is 0.0574. The molecule has 0 bridgehead atoms. The van der Waals surface area contributed by atoms with E-state index in [2.05, 4.69) is 25.8 Å². The minimum atomic E-state index is -4.79. The third kappa shape index (κ3) is 13.6. The van der Waals surface area contributed by atoms with E-state index >= 15 is 0 Å². The van der Waals surface area contributed by atoms with E-state index in [4.69, 9.17) is 21.3 Å². The first-order valence-electron chi connectivity index (χ1n) is 16.3. The van der Waals surface area contributed by atoms with E-state index in [0.717, 1.165) is 0 Å². The van der Waals surface area contributed by atoms with Gasteiger partial charge in [0.05, 0.1) is 6.10 Å². The Balaban J connectivity index is 2.27. The zero-order valence-corrected chi connectivity index (χ0v) is 29.8. The normalized spacial score (nSPS) is 17.9. The average Bonchev–Trinajstić information content (AvgIpc) is 3.53. The molecular formula is C31H48N7O12P. The fourth-order valence-electron chi connectivity index (χ4n) is 5.44. The number of amides is 7. The van der Waals surface area contributed by atoms with Crippen LogP contribution in [0.3, 0.4) is 0 Å². The van der Waals surface area contributed by atoms with E-state index in [0.29, 0.717) is 18.4 Å². The smallest absolute Gasteiger partial charge is 0.404 e. The van der Waals surface area contributed by atoms with Crippen LogP contribution >= 0.6 is 7.82 Å². The van der Waals surface area contributed by atoms with Gasteiger partial charge in [-0.15, -0.1) is 0 Å². The summed E-state index contributed by atoms with van der Waals surface area (Å²) in [5.41, 5.74) is 11.0. The lowest BCUT2D eigenvalue weighted by Gasteiger charge is -2.33. The van der Waals surface area contributed by atoms with Crippen molar-refractivity contribution in [2.45, 2.75) is 103 Å². The summed E-state index contributed by atoms with van der Waals surface area (Å²) in [6.07, 6.45) is -0.943. The third-order valence-electron chi connectivity index (χ3n) is 8.30. The molecule has 1 aromatic carbocycles. The molecule has 1 saturated heterocycles. The van der Waals surface area contributed by atoms with Crippen molar-refractivity contribution in [3.8, 4) is 5.75 Å². The lowest BCUT2D eigenvalue weighted by molar-refractivity contribution is -0.143. The first-order chi connectivity index (χ1) is 23.7. The first-order valence-corrected chi connectivity index (χ1v) is 17.9. The van der Waals surface area contributed by atoms with E-state index in [-0.39, 0.29) is 38.0 Å². The number of aliphatic hydroxyl groups is 1. The van der Waals surface area contributed by atoms with Gasteiger partial charge >= 0.3 is 7.82 Å². The number of rotatable bonds is 19. The van der Waals surface area contributed by atoms with Gasteiger partial charge in [-0.3, -0.25) is 43.3 Å². The van der Waals surface area contributed by atoms with Gasteiger partial charge in [-0.2, -0.15) is 0 Å². The topological polar surface area (TPSA) is 310 Å². The van der Waals surface area contributed by atoms with Crippen molar-refractivity contribution >= 4 is 49.2 Å². The molecule has 1 aromatic rings. The van der Waals surface area contributed by atoms with Gasteiger partial charge < -0.3 is 47.3 Å². The van der Waals surface area contributed by atoms with Crippen molar-refractivity contribution in [1.29, 1.82) is 0 Å². The van der Waals surface area contributed by atoms with Crippen LogP contribution in [-0.2, 0) is 44.5 Å². The number of benzene rings is 1. The molecule has 51 heavy (non-hydrogen) atoms. The number of phosphoric acid groups is 1. The van der Waals surface area contributed by atoms with Gasteiger partial charge in [-0.25, -0.2) is 4.57 Å². The second kappa shape index (κ2) is 19.1. The maximum absolute atomic E-state index is 14.0. The summed E-state index contributed by atoms with van der Waals surface area (Å²) in [5, 5.41) is 19.9. The van der Waals surface area contributed by atoms with Crippen LogP contribution < -0.4 is 37.3 Å². The molecule has 284 valence electrons. The molecule has 0 aromatic heterocycles. The predicted molar refractivity (Wildman–Crippen MR) is 180 cm³/mol. The van der Waals surface area contributed by atoms with Gasteiger partial charge in [0.1, 0.15) is 36.0 Å². The Morgan fingerprint density at radius 2 is 1.53 bits per heavy atom. The molecule has 0 radical (unpaired) electrons. The minimum Gasteiger partial charge on any atom is -0.404 e. The molecule has 19 nitrogen and oxygen atoms in total. The Kier molecular flexibility index (Phi) is 16.0. The summed E-state index contributed by atoms with van der Waals surface area (Å²) in [6, 6.07) is -0.777. The molecule has 2 rings (SSSR count). The predicted octanol–water partition coefficient (Wildman–Crippen LogP) is -2.17. The number of carbonyl (C=O) groups is 7. The molecule has 11 N–H and O–H groups in total. The molecule has 0 aliphatic carbocycles. The number of aliphatic hydroxyl groups excluding tert-OH is 1. The highest BCUT2D eigenvalue weighted by Crippen LogP contribution is 2.37. The fourth-order valence-corrected chi connectivity index (χ4v) is 5.84.